The quantitative estimate of drug-likeness (QED) is 0.226. The average molecular weight is 288 g/mol. The molecule has 0 fully saturated rings. The van der Waals surface area contributed by atoms with Crippen LogP contribution in [-0.2, 0) is 4.79 Å². The number of carbonyl (C=O) groups is 1. The minimum Gasteiger partial charge on any atom is -1.00 e. The normalized spacial score (nSPS) is 12.8. The predicted molar refractivity (Wildman–Crippen MR) is 44.7 cm³/mol. The molecule has 4 N–H and O–H groups in total. The minimum absolute atomic E-state index is 0. The molecule has 0 aromatic rings. The topological polar surface area (TPSA) is 98.0 Å². The summed E-state index contributed by atoms with van der Waals surface area (Å²) in [6.07, 6.45) is 0. The van der Waals surface area contributed by atoms with Crippen LogP contribution in [0.5, 0.6) is 0 Å². The molecule has 0 saturated carbocycles. The summed E-state index contributed by atoms with van der Waals surface area (Å²) in [5.74, 6) is -1.44. The Labute approximate surface area is 96.0 Å². The number of hydrogen-bond acceptors (Lipinski definition) is 4. The number of carboxylic acid groups (broad SMARTS) is 1. The van der Waals surface area contributed by atoms with E-state index in [0.717, 1.165) is 6.92 Å². The van der Waals surface area contributed by atoms with E-state index in [1.807, 2.05) is 0 Å². The fourth-order valence-electron chi connectivity index (χ4n) is 0. The second kappa shape index (κ2) is 8.28. The molecular weight excluding hydrogens is 280 g/mol. The van der Waals surface area contributed by atoms with Crippen LogP contribution in [0.2, 0.25) is 0 Å². The third-order valence-electron chi connectivity index (χ3n) is 0.376. The van der Waals surface area contributed by atoms with Gasteiger partial charge in [-0.25, -0.2) is 9.18 Å². The molecule has 9 heteroatoms. The van der Waals surface area contributed by atoms with Crippen LogP contribution in [0, 0.1) is 0 Å². The van der Waals surface area contributed by atoms with Crippen LogP contribution in [0.3, 0.4) is 0 Å². The van der Waals surface area contributed by atoms with Crippen molar-refractivity contribution in [3.8, 4) is 0 Å². The summed E-state index contributed by atoms with van der Waals surface area (Å²) in [6.45, 7) is 0.982. The van der Waals surface area contributed by atoms with Gasteiger partial charge in [0.25, 0.3) is 3.68 Å². The summed E-state index contributed by atoms with van der Waals surface area (Å²) < 4.78 is 9.79. The summed E-state index contributed by atoms with van der Waals surface area (Å²) in [5.41, 5.74) is 0. The molecule has 1 atom stereocenters. The molecule has 0 aromatic heterocycles. The molecule has 0 aliphatic heterocycles. The maximum absolute atomic E-state index is 11.9. The van der Waals surface area contributed by atoms with Crippen LogP contribution >= 0.6 is 22.6 Å². The van der Waals surface area contributed by atoms with Crippen molar-refractivity contribution in [1.82, 2.24) is 0 Å². The number of rotatable bonds is 1. The van der Waals surface area contributed by atoms with Crippen molar-refractivity contribution in [2.75, 3.05) is 0 Å². The maximum Gasteiger partial charge on any atom is 1.00 e. The van der Waals surface area contributed by atoms with E-state index in [1.165, 1.54) is 22.6 Å². The summed E-state index contributed by atoms with van der Waals surface area (Å²) >= 11 is 1.20. The molecule has 0 bridgehead atoms. The Bertz CT molecular complexity index is 131. The molecule has 0 aromatic carbocycles. The fraction of sp³-hybridized carbons (Fsp3) is 0.667. The van der Waals surface area contributed by atoms with Crippen molar-refractivity contribution in [2.24, 2.45) is 0 Å². The van der Waals surface area contributed by atoms with E-state index in [4.69, 9.17) is 20.2 Å². The molecule has 68 valence electrons. The van der Waals surface area contributed by atoms with E-state index < -0.39 is 17.0 Å². The van der Waals surface area contributed by atoms with Gasteiger partial charge in [0.05, 0.1) is 0 Å². The van der Waals surface area contributed by atoms with Gasteiger partial charge in [0.2, 0.25) is 0 Å². The van der Waals surface area contributed by atoms with Crippen molar-refractivity contribution >= 4 is 35.9 Å². The number of halogens is 2. The summed E-state index contributed by atoms with van der Waals surface area (Å²) in [5, 5.41) is 29.4. The van der Waals surface area contributed by atoms with E-state index in [1.54, 1.807) is 0 Å². The molecule has 0 aliphatic rings. The van der Waals surface area contributed by atoms with E-state index in [-0.39, 0.29) is 20.3 Å². The first-order chi connectivity index (χ1) is 4.68. The molecule has 0 radical (unpaired) electrons. The van der Waals surface area contributed by atoms with Gasteiger partial charge >= 0.3 is 32.2 Å². The average Bonchev–Trinajstić information content (AvgIpc) is 1.59. The van der Waals surface area contributed by atoms with Crippen molar-refractivity contribution in [3.05, 3.63) is 0 Å². The molecule has 0 heterocycles. The second-order valence-electron chi connectivity index (χ2n) is 1.54. The van der Waals surface area contributed by atoms with Crippen LogP contribution in [-0.4, -0.2) is 37.1 Å². The monoisotopic (exact) mass is 288 g/mol. The van der Waals surface area contributed by atoms with Gasteiger partial charge in [0.15, 0.2) is 0 Å². The molecular formula is C3H8BFILiO5. The van der Waals surface area contributed by atoms with Crippen LogP contribution < -0.4 is 18.9 Å². The zero-order chi connectivity index (χ0) is 9.65. The van der Waals surface area contributed by atoms with Crippen molar-refractivity contribution < 1.29 is 49.7 Å². The summed E-state index contributed by atoms with van der Waals surface area (Å²) in [7, 11) is -2.17. The molecule has 1 unspecified atom stereocenters. The Morgan fingerprint density at radius 3 is 1.67 bits per heavy atom. The van der Waals surface area contributed by atoms with Crippen molar-refractivity contribution in [2.45, 2.75) is 10.6 Å². The van der Waals surface area contributed by atoms with Gasteiger partial charge in [-0.3, -0.25) is 0 Å². The van der Waals surface area contributed by atoms with E-state index in [2.05, 4.69) is 0 Å². The Kier molecular flexibility index (Phi) is 12.7. The van der Waals surface area contributed by atoms with Gasteiger partial charge in [-0.2, -0.15) is 0 Å². The molecule has 0 aliphatic carbocycles. The first-order valence-electron chi connectivity index (χ1n) is 2.33. The van der Waals surface area contributed by atoms with Crippen molar-refractivity contribution in [3.63, 3.8) is 0 Å². The maximum atomic E-state index is 11.9. The van der Waals surface area contributed by atoms with Gasteiger partial charge in [0, 0.05) is 0 Å². The smallest absolute Gasteiger partial charge is 1.00 e. The van der Waals surface area contributed by atoms with Gasteiger partial charge < -0.3 is 21.6 Å². The van der Waals surface area contributed by atoms with Crippen LogP contribution in [0.25, 0.3) is 0 Å². The second-order valence-corrected chi connectivity index (χ2v) is 3.57. The van der Waals surface area contributed by atoms with Gasteiger partial charge in [-0.1, -0.05) is 0 Å². The van der Waals surface area contributed by atoms with E-state index in [0.29, 0.717) is 0 Å². The third kappa shape index (κ3) is 22.4. The Morgan fingerprint density at radius 2 is 1.67 bits per heavy atom. The Morgan fingerprint density at radius 1 is 1.58 bits per heavy atom. The SMILES string of the molecule is CC(F)(I)C(=O)O.OB(O)O.[H-].[Li+]. The zero-order valence-electron chi connectivity index (χ0n) is 7.53. The molecule has 0 rings (SSSR count). The number of alkyl halides is 2. The van der Waals surface area contributed by atoms with Gasteiger partial charge in [0.1, 0.15) is 0 Å². The van der Waals surface area contributed by atoms with Crippen LogP contribution in [0.1, 0.15) is 8.35 Å². The van der Waals surface area contributed by atoms with Crippen LogP contribution in [0.4, 0.5) is 4.39 Å². The Hall–Kier alpha value is 0.672. The molecule has 12 heavy (non-hydrogen) atoms. The number of aliphatic carboxylic acids is 1. The molecule has 0 spiro atoms. The standard InChI is InChI=1S/C3H4FIO2.BH3O3.Li.H/c1-3(4,5)2(6)7;2-1(3)4;;/h1H3,(H,6,7);2-4H;;/q;;+1;-1. The van der Waals surface area contributed by atoms with Crippen molar-refractivity contribution in [1.29, 1.82) is 0 Å². The summed E-state index contributed by atoms with van der Waals surface area (Å²) in [4.78, 5) is 9.64. The van der Waals surface area contributed by atoms with E-state index in [9.17, 15) is 9.18 Å². The summed E-state index contributed by atoms with van der Waals surface area (Å²) in [6, 6.07) is 0. The molecule has 0 saturated heterocycles. The Balaban J connectivity index is -0.0000000600. The van der Waals surface area contributed by atoms with Gasteiger partial charge in [-0.05, 0) is 29.5 Å². The number of carboxylic acids is 1. The molecule has 0 amide bonds. The van der Waals surface area contributed by atoms with Crippen LogP contribution in [0.15, 0.2) is 0 Å². The third-order valence-corrected chi connectivity index (χ3v) is 0.837. The van der Waals surface area contributed by atoms with E-state index >= 15 is 0 Å². The fourth-order valence-corrected chi connectivity index (χ4v) is 0. The zero-order valence-corrected chi connectivity index (χ0v) is 8.69. The first kappa shape index (κ1) is 18.5. The largest absolute Gasteiger partial charge is 1.00 e. The molecule has 5 nitrogen and oxygen atoms in total. The minimum atomic E-state index is -2.17. The predicted octanol–water partition coefficient (Wildman–Crippen LogP) is -3.74. The number of hydrogen-bond donors (Lipinski definition) is 4. The first-order valence-corrected chi connectivity index (χ1v) is 3.41. The van der Waals surface area contributed by atoms with Gasteiger partial charge in [-0.15, -0.1) is 0 Å².